The molecule has 4 heteroatoms. The zero-order valence-electron chi connectivity index (χ0n) is 9.52. The van der Waals surface area contributed by atoms with Crippen molar-refractivity contribution in [2.45, 2.75) is 38.5 Å². The Kier molecular flexibility index (Phi) is 3.46. The molecule has 0 radical (unpaired) electrons. The van der Waals surface area contributed by atoms with Gasteiger partial charge in [0, 0.05) is 19.0 Å². The molecule has 1 heterocycles. The molecule has 0 spiro atoms. The van der Waals surface area contributed by atoms with E-state index in [1.807, 2.05) is 4.90 Å². The Labute approximate surface area is 95.6 Å². The third-order valence-electron chi connectivity index (χ3n) is 3.80. The number of nitrogens with zero attached hydrogens (tertiary/aromatic N) is 1. The molecule has 1 saturated heterocycles. The van der Waals surface area contributed by atoms with Gasteiger partial charge in [-0.2, -0.15) is 0 Å². The summed E-state index contributed by atoms with van der Waals surface area (Å²) < 4.78 is 0. The van der Waals surface area contributed by atoms with Crippen molar-refractivity contribution >= 4 is 11.9 Å². The van der Waals surface area contributed by atoms with Crippen molar-refractivity contribution in [3.8, 4) is 0 Å². The van der Waals surface area contributed by atoms with E-state index in [1.54, 1.807) is 0 Å². The smallest absolute Gasteiger partial charge is 0.306 e. The largest absolute Gasteiger partial charge is 0.481 e. The van der Waals surface area contributed by atoms with E-state index < -0.39 is 5.97 Å². The Morgan fingerprint density at radius 2 is 1.62 bits per heavy atom. The van der Waals surface area contributed by atoms with Gasteiger partial charge in [0.2, 0.25) is 5.91 Å². The predicted molar refractivity (Wildman–Crippen MR) is 58.9 cm³/mol. The highest BCUT2D eigenvalue weighted by molar-refractivity contribution is 5.81. The number of aliphatic carboxylic acids is 1. The second kappa shape index (κ2) is 4.85. The van der Waals surface area contributed by atoms with Crippen molar-refractivity contribution in [2.24, 2.45) is 11.8 Å². The molecule has 90 valence electrons. The molecule has 1 aliphatic heterocycles. The number of amides is 1. The predicted octanol–water partition coefficient (Wildman–Crippen LogP) is 1.50. The number of carboxylic acid groups (broad SMARTS) is 1. The molecule has 1 aliphatic carbocycles. The maximum Gasteiger partial charge on any atom is 0.306 e. The molecule has 2 rings (SSSR count). The number of hydrogen-bond acceptors (Lipinski definition) is 2. The molecule has 0 aromatic rings. The van der Waals surface area contributed by atoms with Gasteiger partial charge in [-0.05, 0) is 38.5 Å². The SMILES string of the molecule is O=C(O)C1CCC(C(=O)N2CCCCC2)C1. The standard InChI is InChI=1S/C12H19NO3/c14-11(13-6-2-1-3-7-13)9-4-5-10(8-9)12(15)16/h9-10H,1-8H2,(H,15,16). The number of carbonyl (C=O) groups excluding carboxylic acids is 1. The van der Waals surface area contributed by atoms with E-state index in [2.05, 4.69) is 0 Å². The van der Waals surface area contributed by atoms with Gasteiger partial charge in [0.05, 0.1) is 5.92 Å². The molecule has 16 heavy (non-hydrogen) atoms. The van der Waals surface area contributed by atoms with Gasteiger partial charge >= 0.3 is 5.97 Å². The highest BCUT2D eigenvalue weighted by Gasteiger charge is 2.35. The summed E-state index contributed by atoms with van der Waals surface area (Å²) in [4.78, 5) is 24.9. The van der Waals surface area contributed by atoms with Gasteiger partial charge in [-0.15, -0.1) is 0 Å². The van der Waals surface area contributed by atoms with Crippen LogP contribution in [0, 0.1) is 11.8 Å². The summed E-state index contributed by atoms with van der Waals surface area (Å²) in [6.07, 6.45) is 5.38. The lowest BCUT2D eigenvalue weighted by molar-refractivity contribution is -0.141. The molecule has 4 nitrogen and oxygen atoms in total. The minimum atomic E-state index is -0.742. The van der Waals surface area contributed by atoms with Crippen LogP contribution in [-0.2, 0) is 9.59 Å². The van der Waals surface area contributed by atoms with Crippen molar-refractivity contribution in [1.29, 1.82) is 0 Å². The molecule has 0 bridgehead atoms. The fourth-order valence-electron chi connectivity index (χ4n) is 2.80. The van der Waals surface area contributed by atoms with Crippen LogP contribution in [-0.4, -0.2) is 35.0 Å². The molecule has 2 atom stereocenters. The first-order valence-corrected chi connectivity index (χ1v) is 6.20. The molecule has 1 amide bonds. The molecule has 2 aliphatic rings. The molecule has 0 aromatic heterocycles. The summed E-state index contributed by atoms with van der Waals surface area (Å²) in [5.41, 5.74) is 0. The van der Waals surface area contributed by atoms with Gasteiger partial charge in [-0.25, -0.2) is 0 Å². The van der Waals surface area contributed by atoms with Gasteiger partial charge in [0.25, 0.3) is 0 Å². The number of carboxylic acids is 1. The monoisotopic (exact) mass is 225 g/mol. The van der Waals surface area contributed by atoms with Crippen LogP contribution >= 0.6 is 0 Å². The van der Waals surface area contributed by atoms with E-state index >= 15 is 0 Å². The van der Waals surface area contributed by atoms with Gasteiger partial charge in [-0.3, -0.25) is 9.59 Å². The van der Waals surface area contributed by atoms with Crippen LogP contribution < -0.4 is 0 Å². The topological polar surface area (TPSA) is 57.6 Å². The summed E-state index contributed by atoms with van der Waals surface area (Å²) in [6, 6.07) is 0. The number of carbonyl (C=O) groups is 2. The maximum atomic E-state index is 12.1. The average Bonchev–Trinajstić information content (AvgIpc) is 2.78. The Balaban J connectivity index is 1.88. The molecule has 0 aromatic carbocycles. The molecule has 1 N–H and O–H groups in total. The second-order valence-corrected chi connectivity index (χ2v) is 4.93. The second-order valence-electron chi connectivity index (χ2n) is 4.93. The molecular formula is C12H19NO3. The zero-order chi connectivity index (χ0) is 11.5. The third kappa shape index (κ3) is 2.36. The van der Waals surface area contributed by atoms with Crippen molar-refractivity contribution in [3.05, 3.63) is 0 Å². The van der Waals surface area contributed by atoms with Crippen molar-refractivity contribution in [3.63, 3.8) is 0 Å². The third-order valence-corrected chi connectivity index (χ3v) is 3.80. The van der Waals surface area contributed by atoms with Crippen LogP contribution in [0.1, 0.15) is 38.5 Å². The van der Waals surface area contributed by atoms with E-state index in [-0.39, 0.29) is 17.7 Å². The first-order valence-electron chi connectivity index (χ1n) is 6.20. The quantitative estimate of drug-likeness (QED) is 0.774. The number of piperidine rings is 1. The lowest BCUT2D eigenvalue weighted by Gasteiger charge is -2.29. The van der Waals surface area contributed by atoms with Crippen molar-refractivity contribution in [1.82, 2.24) is 4.90 Å². The zero-order valence-corrected chi connectivity index (χ0v) is 9.52. The summed E-state index contributed by atoms with van der Waals surface area (Å²) >= 11 is 0. The fraction of sp³-hybridized carbons (Fsp3) is 0.833. The van der Waals surface area contributed by atoms with Crippen LogP contribution in [0.2, 0.25) is 0 Å². The lowest BCUT2D eigenvalue weighted by atomic mass is 10.0. The van der Waals surface area contributed by atoms with Gasteiger partial charge in [-0.1, -0.05) is 0 Å². The van der Waals surface area contributed by atoms with Gasteiger partial charge in [0.1, 0.15) is 0 Å². The van der Waals surface area contributed by atoms with Gasteiger partial charge < -0.3 is 10.0 Å². The first kappa shape index (κ1) is 11.4. The minimum absolute atomic E-state index is 0.0285. The lowest BCUT2D eigenvalue weighted by Crippen LogP contribution is -2.39. The Morgan fingerprint density at radius 3 is 2.19 bits per heavy atom. The van der Waals surface area contributed by atoms with E-state index in [0.717, 1.165) is 32.4 Å². The van der Waals surface area contributed by atoms with Crippen LogP contribution in [0.3, 0.4) is 0 Å². The normalized spacial score (nSPS) is 30.4. The van der Waals surface area contributed by atoms with E-state index in [1.165, 1.54) is 6.42 Å². The van der Waals surface area contributed by atoms with Crippen LogP contribution in [0.4, 0.5) is 0 Å². The van der Waals surface area contributed by atoms with Crippen LogP contribution in [0.15, 0.2) is 0 Å². The number of hydrogen-bond donors (Lipinski definition) is 1. The maximum absolute atomic E-state index is 12.1. The van der Waals surface area contributed by atoms with Crippen molar-refractivity contribution in [2.75, 3.05) is 13.1 Å². The highest BCUT2D eigenvalue weighted by Crippen LogP contribution is 2.32. The summed E-state index contributed by atoms with van der Waals surface area (Å²) in [5, 5.41) is 8.90. The summed E-state index contributed by atoms with van der Waals surface area (Å²) in [5.74, 6) is -0.865. The Bertz CT molecular complexity index is 284. The van der Waals surface area contributed by atoms with Crippen LogP contribution in [0.5, 0.6) is 0 Å². The molecule has 2 unspecified atom stereocenters. The summed E-state index contributed by atoms with van der Waals surface area (Å²) in [7, 11) is 0. The van der Waals surface area contributed by atoms with E-state index in [9.17, 15) is 9.59 Å². The molecule has 1 saturated carbocycles. The minimum Gasteiger partial charge on any atom is -0.481 e. The average molecular weight is 225 g/mol. The Hall–Kier alpha value is -1.06. The molecule has 2 fully saturated rings. The van der Waals surface area contributed by atoms with E-state index in [0.29, 0.717) is 12.8 Å². The van der Waals surface area contributed by atoms with Crippen molar-refractivity contribution < 1.29 is 14.7 Å². The number of likely N-dealkylation sites (tertiary alicyclic amines) is 1. The first-order chi connectivity index (χ1) is 7.68. The number of rotatable bonds is 2. The highest BCUT2D eigenvalue weighted by atomic mass is 16.4. The fourth-order valence-corrected chi connectivity index (χ4v) is 2.80. The Morgan fingerprint density at radius 1 is 1.00 bits per heavy atom. The molecular weight excluding hydrogens is 206 g/mol. The van der Waals surface area contributed by atoms with E-state index in [4.69, 9.17) is 5.11 Å². The van der Waals surface area contributed by atoms with Crippen LogP contribution in [0.25, 0.3) is 0 Å². The van der Waals surface area contributed by atoms with Gasteiger partial charge in [0.15, 0.2) is 0 Å². The summed E-state index contributed by atoms with van der Waals surface area (Å²) in [6.45, 7) is 1.74.